The highest BCUT2D eigenvalue weighted by atomic mass is 35.5. The minimum Gasteiger partial charge on any atom is -0.324 e. The van der Waals surface area contributed by atoms with Crippen LogP contribution in [0.3, 0.4) is 0 Å². The van der Waals surface area contributed by atoms with Gasteiger partial charge in [-0.1, -0.05) is 0 Å². The highest BCUT2D eigenvalue weighted by Gasteiger charge is 2.15. The van der Waals surface area contributed by atoms with Gasteiger partial charge in [-0.3, -0.25) is 4.57 Å². The van der Waals surface area contributed by atoms with Gasteiger partial charge in [0.05, 0.1) is 11.7 Å². The van der Waals surface area contributed by atoms with Crippen LogP contribution in [0.2, 0.25) is 0 Å². The van der Waals surface area contributed by atoms with E-state index in [0.29, 0.717) is 0 Å². The molecule has 4 nitrogen and oxygen atoms in total. The van der Waals surface area contributed by atoms with Crippen LogP contribution in [0.4, 0.5) is 0 Å². The van der Waals surface area contributed by atoms with Crippen molar-refractivity contribution in [3.05, 3.63) is 0 Å². The predicted molar refractivity (Wildman–Crippen MR) is 30.7 cm³/mol. The van der Waals surface area contributed by atoms with E-state index in [2.05, 4.69) is 0 Å². The van der Waals surface area contributed by atoms with Gasteiger partial charge < -0.3 is 15.5 Å². The van der Waals surface area contributed by atoms with Crippen molar-refractivity contribution in [1.29, 1.82) is 0 Å². The largest absolute Gasteiger partial charge is 0.328 e. The maximum Gasteiger partial charge on any atom is 0.328 e. The molecule has 0 spiro atoms. The van der Waals surface area contributed by atoms with Gasteiger partial charge in [-0.05, 0) is 0 Å². The molecule has 0 saturated carbocycles. The molecule has 0 saturated heterocycles. The Balaban J connectivity index is 3.56. The maximum atomic E-state index is 9.97. The Hall–Kier alpha value is 0.400. The standard InChI is InChI=1S/C2H7ClNO3P/c3-2(4)1-8(5,6)7/h2H,1,4H2,(H2,5,6,7). The van der Waals surface area contributed by atoms with Crippen molar-refractivity contribution < 1.29 is 14.4 Å². The van der Waals surface area contributed by atoms with E-state index in [1.165, 1.54) is 0 Å². The Morgan fingerprint density at radius 1 is 1.75 bits per heavy atom. The molecule has 8 heavy (non-hydrogen) atoms. The molecule has 0 aromatic rings. The molecule has 50 valence electrons. The van der Waals surface area contributed by atoms with E-state index < -0.39 is 19.3 Å². The van der Waals surface area contributed by atoms with Gasteiger partial charge in [-0.2, -0.15) is 0 Å². The van der Waals surface area contributed by atoms with Crippen LogP contribution in [0.25, 0.3) is 0 Å². The first kappa shape index (κ1) is 8.40. The SMILES string of the molecule is NC(Cl)CP(=O)(O)O. The van der Waals surface area contributed by atoms with Crippen LogP contribution in [0.15, 0.2) is 0 Å². The lowest BCUT2D eigenvalue weighted by Crippen LogP contribution is -2.16. The molecule has 1 unspecified atom stereocenters. The van der Waals surface area contributed by atoms with E-state index in [4.69, 9.17) is 27.1 Å². The van der Waals surface area contributed by atoms with Crippen molar-refractivity contribution in [3.63, 3.8) is 0 Å². The van der Waals surface area contributed by atoms with Gasteiger partial charge in [0.2, 0.25) is 0 Å². The average Bonchev–Trinajstić information content (AvgIpc) is 1.21. The van der Waals surface area contributed by atoms with Gasteiger partial charge in [-0.25, -0.2) is 0 Å². The summed E-state index contributed by atoms with van der Waals surface area (Å²) in [6.45, 7) is 0. The van der Waals surface area contributed by atoms with Crippen molar-refractivity contribution in [3.8, 4) is 0 Å². The van der Waals surface area contributed by atoms with E-state index >= 15 is 0 Å². The number of alkyl halides is 1. The normalized spacial score (nSPS) is 16.0. The number of halogens is 1. The van der Waals surface area contributed by atoms with E-state index in [1.807, 2.05) is 0 Å². The van der Waals surface area contributed by atoms with Crippen molar-refractivity contribution in [2.75, 3.05) is 6.16 Å². The Bertz CT molecular complexity index is 110. The summed E-state index contributed by atoms with van der Waals surface area (Å²) in [6.07, 6.45) is -0.464. The summed E-state index contributed by atoms with van der Waals surface area (Å²) < 4.78 is 9.97. The summed E-state index contributed by atoms with van der Waals surface area (Å²) in [5, 5.41) is 0. The Morgan fingerprint density at radius 3 is 2.12 bits per heavy atom. The summed E-state index contributed by atoms with van der Waals surface area (Å²) in [5.41, 5.74) is 3.90. The van der Waals surface area contributed by atoms with Gasteiger partial charge in [0.1, 0.15) is 0 Å². The van der Waals surface area contributed by atoms with Gasteiger partial charge in [-0.15, -0.1) is 11.6 Å². The zero-order valence-corrected chi connectivity index (χ0v) is 5.64. The van der Waals surface area contributed by atoms with Crippen LogP contribution in [0.5, 0.6) is 0 Å². The lowest BCUT2D eigenvalue weighted by molar-refractivity contribution is 0.372. The summed E-state index contributed by atoms with van der Waals surface area (Å²) in [7, 11) is -3.98. The quantitative estimate of drug-likeness (QED) is 0.293. The number of rotatable bonds is 2. The number of nitrogens with two attached hydrogens (primary N) is 1. The van der Waals surface area contributed by atoms with E-state index in [-0.39, 0.29) is 0 Å². The van der Waals surface area contributed by atoms with E-state index in [9.17, 15) is 4.57 Å². The molecule has 0 bridgehead atoms. The monoisotopic (exact) mass is 159 g/mol. The first-order valence-corrected chi connectivity index (χ1v) is 4.09. The Labute approximate surface area is 51.8 Å². The molecule has 0 amide bonds. The van der Waals surface area contributed by atoms with Crippen LogP contribution in [0, 0.1) is 0 Å². The number of hydrogen-bond acceptors (Lipinski definition) is 2. The highest BCUT2D eigenvalue weighted by molar-refractivity contribution is 7.51. The van der Waals surface area contributed by atoms with Crippen LogP contribution in [-0.2, 0) is 4.57 Å². The van der Waals surface area contributed by atoms with Crippen molar-refractivity contribution in [1.82, 2.24) is 0 Å². The minimum absolute atomic E-state index is 0.464. The molecule has 0 radical (unpaired) electrons. The molecular formula is C2H7ClNO3P. The van der Waals surface area contributed by atoms with Gasteiger partial charge in [0.15, 0.2) is 0 Å². The average molecular weight is 160 g/mol. The maximum absolute atomic E-state index is 9.97. The fourth-order valence-electron chi connectivity index (χ4n) is 0.227. The lowest BCUT2D eigenvalue weighted by atomic mass is 10.8. The second-order valence-electron chi connectivity index (χ2n) is 1.36. The van der Waals surface area contributed by atoms with Crippen LogP contribution in [-0.4, -0.2) is 21.4 Å². The van der Waals surface area contributed by atoms with E-state index in [1.54, 1.807) is 0 Å². The molecule has 0 heterocycles. The molecule has 4 N–H and O–H groups in total. The summed E-state index contributed by atoms with van der Waals surface area (Å²) >= 11 is 5.05. The van der Waals surface area contributed by atoms with Gasteiger partial charge in [0, 0.05) is 0 Å². The Kier molecular flexibility index (Phi) is 2.94. The molecule has 0 aromatic carbocycles. The topological polar surface area (TPSA) is 83.6 Å². The minimum atomic E-state index is -3.98. The molecule has 0 aromatic heterocycles. The van der Waals surface area contributed by atoms with Crippen molar-refractivity contribution in [2.45, 2.75) is 5.50 Å². The van der Waals surface area contributed by atoms with Crippen LogP contribution in [0.1, 0.15) is 0 Å². The fourth-order valence-corrected chi connectivity index (χ4v) is 1.22. The third kappa shape index (κ3) is 6.40. The lowest BCUT2D eigenvalue weighted by Gasteiger charge is -2.02. The molecule has 0 aliphatic rings. The zero-order chi connectivity index (χ0) is 6.78. The molecule has 0 rings (SSSR count). The molecule has 0 aliphatic carbocycles. The predicted octanol–water partition coefficient (Wildman–Crippen LogP) is -0.312. The summed E-state index contributed by atoms with van der Waals surface area (Å²) in [5.74, 6) is 0. The third-order valence-corrected chi connectivity index (χ3v) is 1.65. The summed E-state index contributed by atoms with van der Waals surface area (Å²) in [4.78, 5) is 16.3. The molecule has 0 aliphatic heterocycles. The van der Waals surface area contributed by atoms with Crippen molar-refractivity contribution in [2.24, 2.45) is 5.73 Å². The zero-order valence-electron chi connectivity index (χ0n) is 3.99. The molecule has 6 heteroatoms. The molecule has 1 atom stereocenters. The molecule has 0 fully saturated rings. The molecular weight excluding hydrogens is 152 g/mol. The summed E-state index contributed by atoms with van der Waals surface area (Å²) in [6, 6.07) is 0. The van der Waals surface area contributed by atoms with Crippen LogP contribution < -0.4 is 5.73 Å². The second-order valence-corrected chi connectivity index (χ2v) is 3.62. The van der Waals surface area contributed by atoms with E-state index in [0.717, 1.165) is 0 Å². The first-order valence-electron chi connectivity index (χ1n) is 1.86. The third-order valence-electron chi connectivity index (χ3n) is 0.412. The van der Waals surface area contributed by atoms with Crippen LogP contribution >= 0.6 is 19.2 Å². The highest BCUT2D eigenvalue weighted by Crippen LogP contribution is 2.34. The van der Waals surface area contributed by atoms with Gasteiger partial charge in [0.25, 0.3) is 0 Å². The number of hydrogen-bond donors (Lipinski definition) is 3. The van der Waals surface area contributed by atoms with Gasteiger partial charge >= 0.3 is 7.60 Å². The fraction of sp³-hybridized carbons (Fsp3) is 1.00. The van der Waals surface area contributed by atoms with Crippen molar-refractivity contribution >= 4 is 19.2 Å². The second kappa shape index (κ2) is 2.80. The first-order chi connectivity index (χ1) is 3.42. The smallest absolute Gasteiger partial charge is 0.324 e. The Morgan fingerprint density at radius 2 is 2.12 bits per heavy atom.